The maximum Gasteiger partial charge on any atom is 0.289 e. The van der Waals surface area contributed by atoms with Gasteiger partial charge in [-0.2, -0.15) is 0 Å². The molecule has 0 unspecified atom stereocenters. The van der Waals surface area contributed by atoms with Crippen LogP contribution < -0.4 is 9.46 Å². The molecule has 4 aromatic carbocycles. The first kappa shape index (κ1) is 26.1. The van der Waals surface area contributed by atoms with Gasteiger partial charge in [-0.25, -0.2) is 13.1 Å². The van der Waals surface area contributed by atoms with E-state index in [2.05, 4.69) is 53.3 Å². The van der Waals surface area contributed by atoms with Crippen LogP contribution in [0.25, 0.3) is 0 Å². The molecule has 0 amide bonds. The van der Waals surface area contributed by atoms with Gasteiger partial charge in [-0.1, -0.05) is 84.9 Å². The Balaban J connectivity index is 1.32. The molecular formula is C29H28N2O5S. The van der Waals surface area contributed by atoms with E-state index in [4.69, 9.17) is 4.74 Å². The normalized spacial score (nSPS) is 11.2. The Morgan fingerprint density at radius 1 is 0.703 bits per heavy atom. The van der Waals surface area contributed by atoms with E-state index in [-0.39, 0.29) is 11.4 Å². The molecule has 4 rings (SSSR count). The highest BCUT2D eigenvalue weighted by Gasteiger charge is 2.24. The first-order chi connectivity index (χ1) is 17.9. The molecule has 0 aliphatic rings. The van der Waals surface area contributed by atoms with Crippen molar-refractivity contribution in [3.8, 4) is 5.75 Å². The van der Waals surface area contributed by atoms with Crippen LogP contribution in [0.5, 0.6) is 5.75 Å². The maximum absolute atomic E-state index is 12.7. The number of nitrogens with one attached hydrogen (secondary N) is 1. The molecule has 0 saturated carbocycles. The standard InChI is InChI=1S/C29H28N2O5S/c32-31(33)27-11-5-7-13-29(27)37(34,35)30-21-20-26-10-4-6-12-28(26)36-22-25-18-16-24(17-19-25)15-14-23-8-2-1-3-9-23/h1-13,16-19,30H,14-15,20-22H2. The van der Waals surface area contributed by atoms with Gasteiger partial charge in [-0.15, -0.1) is 0 Å². The molecule has 1 N–H and O–H groups in total. The summed E-state index contributed by atoms with van der Waals surface area (Å²) in [6, 6.07) is 31.5. The number of nitro benzene ring substituents is 1. The number of nitrogens with zero attached hydrogens (tertiary/aromatic N) is 1. The lowest BCUT2D eigenvalue weighted by Crippen LogP contribution is -2.26. The number of hydrogen-bond donors (Lipinski definition) is 1. The van der Waals surface area contributed by atoms with Gasteiger partial charge in [0.1, 0.15) is 12.4 Å². The van der Waals surface area contributed by atoms with Crippen LogP contribution in [-0.2, 0) is 35.9 Å². The summed E-state index contributed by atoms with van der Waals surface area (Å²) in [7, 11) is -4.03. The van der Waals surface area contributed by atoms with Crippen molar-refractivity contribution in [1.82, 2.24) is 4.72 Å². The molecule has 0 fully saturated rings. The lowest BCUT2D eigenvalue weighted by atomic mass is 10.0. The fraction of sp³-hybridized carbons (Fsp3) is 0.172. The van der Waals surface area contributed by atoms with Crippen molar-refractivity contribution in [2.24, 2.45) is 0 Å². The average molecular weight is 517 g/mol. The van der Waals surface area contributed by atoms with Crippen LogP contribution in [0, 0.1) is 10.1 Å². The number of hydrogen-bond acceptors (Lipinski definition) is 5. The van der Waals surface area contributed by atoms with Crippen LogP contribution in [0.4, 0.5) is 5.69 Å². The summed E-state index contributed by atoms with van der Waals surface area (Å²) in [4.78, 5) is 10.2. The monoisotopic (exact) mass is 516 g/mol. The molecular weight excluding hydrogens is 488 g/mol. The van der Waals surface area contributed by atoms with Gasteiger partial charge in [0.05, 0.1) is 4.92 Å². The predicted molar refractivity (Wildman–Crippen MR) is 143 cm³/mol. The molecule has 0 spiro atoms. The average Bonchev–Trinajstić information content (AvgIpc) is 2.92. The Morgan fingerprint density at radius 2 is 1.30 bits per heavy atom. The minimum atomic E-state index is -4.03. The predicted octanol–water partition coefficient (Wildman–Crippen LogP) is 5.48. The zero-order valence-electron chi connectivity index (χ0n) is 20.2. The second kappa shape index (κ2) is 12.3. The fourth-order valence-corrected chi connectivity index (χ4v) is 5.18. The maximum atomic E-state index is 12.7. The van der Waals surface area contributed by atoms with Gasteiger partial charge in [0.25, 0.3) is 5.69 Å². The lowest BCUT2D eigenvalue weighted by molar-refractivity contribution is -0.387. The molecule has 190 valence electrons. The van der Waals surface area contributed by atoms with Crippen LogP contribution >= 0.6 is 0 Å². The molecule has 0 aliphatic heterocycles. The third-order valence-corrected chi connectivity index (χ3v) is 7.48. The van der Waals surface area contributed by atoms with E-state index >= 15 is 0 Å². The van der Waals surface area contributed by atoms with Crippen LogP contribution in [0.2, 0.25) is 0 Å². The SMILES string of the molecule is O=[N+]([O-])c1ccccc1S(=O)(=O)NCCc1ccccc1OCc1ccc(CCc2ccccc2)cc1. The Bertz CT molecular complexity index is 1440. The minimum absolute atomic E-state index is 0.0743. The number of nitro groups is 1. The van der Waals surface area contributed by atoms with Gasteiger partial charge >= 0.3 is 0 Å². The first-order valence-corrected chi connectivity index (χ1v) is 13.5. The van der Waals surface area contributed by atoms with Crippen LogP contribution in [0.3, 0.4) is 0 Å². The number of para-hydroxylation sites is 2. The highest BCUT2D eigenvalue weighted by molar-refractivity contribution is 7.89. The van der Waals surface area contributed by atoms with Crippen molar-refractivity contribution in [3.63, 3.8) is 0 Å². The smallest absolute Gasteiger partial charge is 0.289 e. The van der Waals surface area contributed by atoms with Crippen molar-refractivity contribution >= 4 is 15.7 Å². The molecule has 37 heavy (non-hydrogen) atoms. The van der Waals surface area contributed by atoms with Crippen LogP contribution in [0.15, 0.2) is 108 Å². The van der Waals surface area contributed by atoms with Gasteiger partial charge < -0.3 is 4.74 Å². The number of rotatable bonds is 12. The van der Waals surface area contributed by atoms with Gasteiger partial charge in [-0.05, 0) is 53.6 Å². The number of ether oxygens (including phenoxy) is 1. The lowest BCUT2D eigenvalue weighted by Gasteiger charge is -2.13. The highest BCUT2D eigenvalue weighted by atomic mass is 32.2. The van der Waals surface area contributed by atoms with Crippen molar-refractivity contribution in [2.75, 3.05) is 6.54 Å². The van der Waals surface area contributed by atoms with Crippen molar-refractivity contribution < 1.29 is 18.1 Å². The Hall–Kier alpha value is -4.01. The minimum Gasteiger partial charge on any atom is -0.489 e. The molecule has 4 aromatic rings. The Kier molecular flexibility index (Phi) is 8.66. The highest BCUT2D eigenvalue weighted by Crippen LogP contribution is 2.23. The Morgan fingerprint density at radius 3 is 2.03 bits per heavy atom. The molecule has 0 atom stereocenters. The van der Waals surface area contributed by atoms with Gasteiger partial charge in [0.15, 0.2) is 4.90 Å². The molecule has 7 nitrogen and oxygen atoms in total. The van der Waals surface area contributed by atoms with E-state index in [1.165, 1.54) is 35.4 Å². The third-order valence-electron chi connectivity index (χ3n) is 5.97. The molecule has 0 bridgehead atoms. The van der Waals surface area contributed by atoms with Crippen molar-refractivity contribution in [1.29, 1.82) is 0 Å². The zero-order chi connectivity index (χ0) is 26.1. The van der Waals surface area contributed by atoms with Crippen LogP contribution in [0.1, 0.15) is 22.3 Å². The second-order valence-electron chi connectivity index (χ2n) is 8.57. The van der Waals surface area contributed by atoms with E-state index in [1.807, 2.05) is 30.3 Å². The van der Waals surface area contributed by atoms with Crippen molar-refractivity contribution in [2.45, 2.75) is 30.8 Å². The van der Waals surface area contributed by atoms with Gasteiger partial charge in [0.2, 0.25) is 10.0 Å². The molecule has 0 radical (unpaired) electrons. The molecule has 0 aromatic heterocycles. The summed E-state index contributed by atoms with van der Waals surface area (Å²) < 4.78 is 33.8. The molecule has 0 aliphatic carbocycles. The largest absolute Gasteiger partial charge is 0.489 e. The van der Waals surface area contributed by atoms with Crippen molar-refractivity contribution in [3.05, 3.63) is 135 Å². The number of benzene rings is 4. The zero-order valence-corrected chi connectivity index (χ0v) is 21.1. The first-order valence-electron chi connectivity index (χ1n) is 12.0. The summed E-state index contributed by atoms with van der Waals surface area (Å²) in [6.45, 7) is 0.461. The number of sulfonamides is 1. The molecule has 0 heterocycles. The molecule has 0 saturated heterocycles. The summed E-state index contributed by atoms with van der Waals surface area (Å²) in [5.74, 6) is 0.667. The summed E-state index contributed by atoms with van der Waals surface area (Å²) in [5, 5.41) is 11.2. The number of aryl methyl sites for hydroxylation is 2. The van der Waals surface area contributed by atoms with E-state index in [0.29, 0.717) is 18.8 Å². The summed E-state index contributed by atoms with van der Waals surface area (Å²) in [6.07, 6.45) is 2.33. The van der Waals surface area contributed by atoms with E-state index in [0.717, 1.165) is 24.0 Å². The summed E-state index contributed by atoms with van der Waals surface area (Å²) >= 11 is 0. The van der Waals surface area contributed by atoms with Gasteiger partial charge in [0, 0.05) is 12.6 Å². The quantitative estimate of drug-likeness (QED) is 0.199. The Labute approximate surface area is 217 Å². The fourth-order valence-electron chi connectivity index (χ4n) is 3.98. The second-order valence-corrected chi connectivity index (χ2v) is 10.3. The van der Waals surface area contributed by atoms with Gasteiger partial charge in [-0.3, -0.25) is 10.1 Å². The third kappa shape index (κ3) is 7.25. The summed E-state index contributed by atoms with van der Waals surface area (Å²) in [5.41, 5.74) is 4.00. The molecule has 8 heteroatoms. The van der Waals surface area contributed by atoms with Crippen LogP contribution in [-0.4, -0.2) is 19.9 Å². The van der Waals surface area contributed by atoms with E-state index in [9.17, 15) is 18.5 Å². The van der Waals surface area contributed by atoms with E-state index in [1.54, 1.807) is 0 Å². The topological polar surface area (TPSA) is 98.5 Å². The van der Waals surface area contributed by atoms with E-state index < -0.39 is 20.6 Å².